The zero-order valence-electron chi connectivity index (χ0n) is 16.0. The molecule has 1 fully saturated rings. The van der Waals surface area contributed by atoms with Gasteiger partial charge in [0.05, 0.1) is 5.39 Å². The standard InChI is InChI=1S/C22H24N4OS/c1-13(14-8-10-16(11-9-14)26-21(27)15-6-7-15)25-20-19-17-4-2-3-5-18(17)28-22(19)24-12-23-20/h8-13,15H,2-7H2,1H3,(H,26,27)(H,23,24,25). The van der Waals surface area contributed by atoms with Crippen LogP contribution in [0.4, 0.5) is 11.5 Å². The molecule has 3 aromatic rings. The zero-order chi connectivity index (χ0) is 19.1. The van der Waals surface area contributed by atoms with E-state index in [1.54, 1.807) is 6.33 Å². The third-order valence-electron chi connectivity index (χ3n) is 5.73. The number of carbonyl (C=O) groups excluding carboxylic acids is 1. The Morgan fingerprint density at radius 3 is 2.71 bits per heavy atom. The highest BCUT2D eigenvalue weighted by molar-refractivity contribution is 7.19. The summed E-state index contributed by atoms with van der Waals surface area (Å²) in [5.74, 6) is 1.30. The average Bonchev–Trinajstić information content (AvgIpc) is 3.49. The molecule has 2 heterocycles. The van der Waals surface area contributed by atoms with E-state index < -0.39 is 0 Å². The minimum absolute atomic E-state index is 0.116. The predicted octanol–water partition coefficient (Wildman–Crippen LogP) is 5.09. The number of rotatable bonds is 5. The number of aryl methyl sites for hydroxylation is 2. The van der Waals surface area contributed by atoms with Crippen molar-refractivity contribution in [3.8, 4) is 0 Å². The van der Waals surface area contributed by atoms with Crippen molar-refractivity contribution >= 4 is 39.0 Å². The molecule has 0 aliphatic heterocycles. The van der Waals surface area contributed by atoms with Gasteiger partial charge in [0.25, 0.3) is 0 Å². The summed E-state index contributed by atoms with van der Waals surface area (Å²) in [6, 6.07) is 8.22. The van der Waals surface area contributed by atoms with Crippen LogP contribution in [0.1, 0.15) is 54.7 Å². The number of fused-ring (bicyclic) bond motifs is 3. The summed E-state index contributed by atoms with van der Waals surface area (Å²) in [7, 11) is 0. The Balaban J connectivity index is 1.36. The third kappa shape index (κ3) is 3.37. The number of amides is 1. The summed E-state index contributed by atoms with van der Waals surface area (Å²) in [5.41, 5.74) is 3.48. The van der Waals surface area contributed by atoms with Gasteiger partial charge in [-0.05, 0) is 68.7 Å². The molecule has 1 aromatic carbocycles. The van der Waals surface area contributed by atoms with Crippen LogP contribution in [0, 0.1) is 5.92 Å². The summed E-state index contributed by atoms with van der Waals surface area (Å²) in [5, 5.41) is 7.80. The van der Waals surface area contributed by atoms with Gasteiger partial charge in [0.1, 0.15) is 17.0 Å². The molecule has 2 aliphatic rings. The molecule has 1 atom stereocenters. The van der Waals surface area contributed by atoms with E-state index >= 15 is 0 Å². The van der Waals surface area contributed by atoms with Crippen LogP contribution in [-0.2, 0) is 17.6 Å². The van der Waals surface area contributed by atoms with Gasteiger partial charge in [0.15, 0.2) is 0 Å². The highest BCUT2D eigenvalue weighted by Crippen LogP contribution is 2.39. The van der Waals surface area contributed by atoms with E-state index in [9.17, 15) is 4.79 Å². The molecule has 5 rings (SSSR count). The van der Waals surface area contributed by atoms with E-state index in [0.29, 0.717) is 0 Å². The Hall–Kier alpha value is -2.47. The number of nitrogens with zero attached hydrogens (tertiary/aromatic N) is 2. The molecule has 0 spiro atoms. The van der Waals surface area contributed by atoms with Crippen LogP contribution in [0.3, 0.4) is 0 Å². The van der Waals surface area contributed by atoms with Crippen LogP contribution in [0.15, 0.2) is 30.6 Å². The van der Waals surface area contributed by atoms with Gasteiger partial charge in [-0.2, -0.15) is 0 Å². The molecule has 144 valence electrons. The lowest BCUT2D eigenvalue weighted by Gasteiger charge is -2.17. The fourth-order valence-electron chi connectivity index (χ4n) is 3.93. The number of hydrogen-bond acceptors (Lipinski definition) is 5. The summed E-state index contributed by atoms with van der Waals surface area (Å²) >= 11 is 1.82. The molecule has 0 bridgehead atoms. The van der Waals surface area contributed by atoms with Gasteiger partial charge >= 0.3 is 0 Å². The van der Waals surface area contributed by atoms with Gasteiger partial charge in [-0.15, -0.1) is 11.3 Å². The first-order valence-corrected chi connectivity index (χ1v) is 10.9. The maximum Gasteiger partial charge on any atom is 0.227 e. The average molecular weight is 393 g/mol. The Morgan fingerprint density at radius 1 is 1.14 bits per heavy atom. The highest BCUT2D eigenvalue weighted by atomic mass is 32.1. The molecular weight excluding hydrogens is 368 g/mol. The largest absolute Gasteiger partial charge is 0.363 e. The topological polar surface area (TPSA) is 66.9 Å². The van der Waals surface area contributed by atoms with Crippen molar-refractivity contribution in [3.63, 3.8) is 0 Å². The first-order valence-electron chi connectivity index (χ1n) is 10.1. The number of anilines is 2. The van der Waals surface area contributed by atoms with Gasteiger partial charge in [-0.25, -0.2) is 9.97 Å². The summed E-state index contributed by atoms with van der Waals surface area (Å²) in [6.45, 7) is 2.14. The van der Waals surface area contributed by atoms with Crippen LogP contribution in [0.25, 0.3) is 10.2 Å². The van der Waals surface area contributed by atoms with Crippen molar-refractivity contribution in [2.75, 3.05) is 10.6 Å². The molecule has 0 saturated heterocycles. The number of carbonyl (C=O) groups is 1. The second kappa shape index (κ2) is 7.17. The van der Waals surface area contributed by atoms with Gasteiger partial charge in [-0.3, -0.25) is 4.79 Å². The van der Waals surface area contributed by atoms with Crippen LogP contribution in [0.2, 0.25) is 0 Å². The Kier molecular flexibility index (Phi) is 4.51. The van der Waals surface area contributed by atoms with Crippen LogP contribution >= 0.6 is 11.3 Å². The first-order chi connectivity index (χ1) is 13.7. The quantitative estimate of drug-likeness (QED) is 0.634. The highest BCUT2D eigenvalue weighted by Gasteiger charge is 2.29. The van der Waals surface area contributed by atoms with E-state index in [0.717, 1.165) is 35.6 Å². The second-order valence-corrected chi connectivity index (χ2v) is 8.95. The molecule has 28 heavy (non-hydrogen) atoms. The van der Waals surface area contributed by atoms with Crippen molar-refractivity contribution in [1.82, 2.24) is 9.97 Å². The lowest BCUT2D eigenvalue weighted by Crippen LogP contribution is -2.13. The van der Waals surface area contributed by atoms with Gasteiger partial charge in [0, 0.05) is 22.5 Å². The van der Waals surface area contributed by atoms with Crippen molar-refractivity contribution in [2.45, 2.75) is 51.5 Å². The van der Waals surface area contributed by atoms with Crippen LogP contribution in [0.5, 0.6) is 0 Å². The minimum Gasteiger partial charge on any atom is -0.363 e. The summed E-state index contributed by atoms with van der Waals surface area (Å²) in [6.07, 6.45) is 8.51. The number of aromatic nitrogens is 2. The van der Waals surface area contributed by atoms with Gasteiger partial charge in [0.2, 0.25) is 5.91 Å². The van der Waals surface area contributed by atoms with E-state index in [1.165, 1.54) is 40.7 Å². The smallest absolute Gasteiger partial charge is 0.227 e. The van der Waals surface area contributed by atoms with Crippen molar-refractivity contribution in [1.29, 1.82) is 0 Å². The molecular formula is C22H24N4OS. The number of nitrogens with one attached hydrogen (secondary N) is 2. The zero-order valence-corrected chi connectivity index (χ0v) is 16.8. The fraction of sp³-hybridized carbons (Fsp3) is 0.409. The number of thiophene rings is 1. The molecule has 5 nitrogen and oxygen atoms in total. The summed E-state index contributed by atoms with van der Waals surface area (Å²) in [4.78, 5) is 23.6. The first kappa shape index (κ1) is 17.6. The lowest BCUT2D eigenvalue weighted by atomic mass is 9.97. The van der Waals surface area contributed by atoms with Crippen LogP contribution < -0.4 is 10.6 Å². The second-order valence-electron chi connectivity index (χ2n) is 7.86. The minimum atomic E-state index is 0.116. The molecule has 1 saturated carbocycles. The summed E-state index contributed by atoms with van der Waals surface area (Å²) < 4.78 is 0. The maximum atomic E-state index is 11.9. The molecule has 6 heteroatoms. The van der Waals surface area contributed by atoms with Gasteiger partial charge in [-0.1, -0.05) is 12.1 Å². The van der Waals surface area contributed by atoms with Crippen molar-refractivity contribution in [3.05, 3.63) is 46.6 Å². The fourth-order valence-corrected chi connectivity index (χ4v) is 5.16. The molecule has 1 unspecified atom stereocenters. The predicted molar refractivity (Wildman–Crippen MR) is 114 cm³/mol. The molecule has 1 amide bonds. The Bertz CT molecular complexity index is 1020. The lowest BCUT2D eigenvalue weighted by molar-refractivity contribution is -0.117. The third-order valence-corrected chi connectivity index (χ3v) is 6.93. The van der Waals surface area contributed by atoms with E-state index in [1.807, 2.05) is 23.5 Å². The maximum absolute atomic E-state index is 11.9. The van der Waals surface area contributed by atoms with Crippen molar-refractivity contribution < 1.29 is 4.79 Å². The Labute approximate surface area is 168 Å². The number of hydrogen-bond donors (Lipinski definition) is 2. The Morgan fingerprint density at radius 2 is 1.93 bits per heavy atom. The van der Waals surface area contributed by atoms with Crippen LogP contribution in [-0.4, -0.2) is 15.9 Å². The van der Waals surface area contributed by atoms with Crippen molar-refractivity contribution in [2.24, 2.45) is 5.92 Å². The van der Waals surface area contributed by atoms with E-state index in [4.69, 9.17) is 0 Å². The van der Waals surface area contributed by atoms with Gasteiger partial charge < -0.3 is 10.6 Å². The molecule has 2 aliphatic carbocycles. The van der Waals surface area contributed by atoms with E-state index in [-0.39, 0.29) is 17.9 Å². The number of benzene rings is 1. The molecule has 2 N–H and O–H groups in total. The monoisotopic (exact) mass is 392 g/mol. The SMILES string of the molecule is CC(Nc1ncnc2sc3c(c12)CCCC3)c1ccc(NC(=O)C2CC2)cc1. The normalized spacial score (nSPS) is 17.2. The molecule has 2 aromatic heterocycles. The van der Waals surface area contributed by atoms with E-state index in [2.05, 4.69) is 39.7 Å². The molecule has 0 radical (unpaired) electrons.